The summed E-state index contributed by atoms with van der Waals surface area (Å²) in [5.74, 6) is 0.383. The Hall–Kier alpha value is -1.40. The highest BCUT2D eigenvalue weighted by Gasteiger charge is 2.33. The summed E-state index contributed by atoms with van der Waals surface area (Å²) in [6, 6.07) is 8.30. The normalized spacial score (nSPS) is 19.6. The minimum atomic E-state index is -3.15. The van der Waals surface area contributed by atoms with Gasteiger partial charge in [-0.1, -0.05) is 37.6 Å². The number of nitrogens with zero attached hydrogens (tertiary/aromatic N) is 2. The average Bonchev–Trinajstić information content (AvgIpc) is 2.65. The van der Waals surface area contributed by atoms with Crippen molar-refractivity contribution >= 4 is 15.9 Å². The molecular formula is C19H28N2O3S. The summed E-state index contributed by atoms with van der Waals surface area (Å²) in [7, 11) is -3.15. The van der Waals surface area contributed by atoms with Gasteiger partial charge in [-0.2, -0.15) is 0 Å². The second-order valence-corrected chi connectivity index (χ2v) is 9.21. The largest absolute Gasteiger partial charge is 0.338 e. The number of sulfonamides is 1. The highest BCUT2D eigenvalue weighted by atomic mass is 32.2. The Balaban J connectivity index is 1.56. The molecule has 0 spiro atoms. The van der Waals surface area contributed by atoms with Crippen molar-refractivity contribution in [2.45, 2.75) is 45.6 Å². The van der Waals surface area contributed by atoms with Gasteiger partial charge in [-0.25, -0.2) is 12.7 Å². The van der Waals surface area contributed by atoms with E-state index in [1.165, 1.54) is 11.1 Å². The number of fused-ring (bicyclic) bond motifs is 1. The molecule has 0 aliphatic carbocycles. The number of amides is 1. The predicted octanol–water partition coefficient (Wildman–Crippen LogP) is 2.41. The van der Waals surface area contributed by atoms with Crippen LogP contribution in [0.4, 0.5) is 0 Å². The fraction of sp³-hybridized carbons (Fsp3) is 0.632. The molecule has 2 aliphatic heterocycles. The zero-order chi connectivity index (χ0) is 17.9. The number of piperidine rings is 1. The molecule has 0 N–H and O–H groups in total. The summed E-state index contributed by atoms with van der Waals surface area (Å²) in [4.78, 5) is 14.8. The summed E-state index contributed by atoms with van der Waals surface area (Å²) < 4.78 is 26.2. The minimum Gasteiger partial charge on any atom is -0.338 e. The molecule has 1 amide bonds. The van der Waals surface area contributed by atoms with E-state index in [-0.39, 0.29) is 17.6 Å². The van der Waals surface area contributed by atoms with Gasteiger partial charge < -0.3 is 4.90 Å². The zero-order valence-corrected chi connectivity index (χ0v) is 15.8. The van der Waals surface area contributed by atoms with Gasteiger partial charge in [-0.3, -0.25) is 4.79 Å². The smallest absolute Gasteiger partial charge is 0.226 e. The summed E-state index contributed by atoms with van der Waals surface area (Å²) >= 11 is 0. The molecule has 0 bridgehead atoms. The quantitative estimate of drug-likeness (QED) is 0.806. The highest BCUT2D eigenvalue weighted by molar-refractivity contribution is 7.89. The van der Waals surface area contributed by atoms with Crippen LogP contribution in [0.25, 0.3) is 0 Å². The summed E-state index contributed by atoms with van der Waals surface area (Å²) in [6.45, 7) is 4.41. The first-order valence-electron chi connectivity index (χ1n) is 9.34. The van der Waals surface area contributed by atoms with Crippen LogP contribution in [0.2, 0.25) is 0 Å². The Labute approximate surface area is 151 Å². The number of carbonyl (C=O) groups excluding carboxylic acids is 1. The fourth-order valence-corrected chi connectivity index (χ4v) is 5.46. The summed E-state index contributed by atoms with van der Waals surface area (Å²) in [6.07, 6.45) is 3.77. The van der Waals surface area contributed by atoms with Crippen molar-refractivity contribution in [3.63, 3.8) is 0 Å². The maximum Gasteiger partial charge on any atom is 0.226 e. The molecule has 0 atom stereocenters. The molecule has 1 aromatic carbocycles. The van der Waals surface area contributed by atoms with Crippen LogP contribution in [0, 0.1) is 5.92 Å². The molecule has 138 valence electrons. The van der Waals surface area contributed by atoms with E-state index in [1.54, 1.807) is 4.31 Å². The highest BCUT2D eigenvalue weighted by Crippen LogP contribution is 2.25. The number of carbonyl (C=O) groups is 1. The van der Waals surface area contributed by atoms with Crippen LogP contribution in [0.1, 0.15) is 43.7 Å². The maximum absolute atomic E-state index is 12.8. The lowest BCUT2D eigenvalue weighted by Gasteiger charge is -2.35. The molecule has 0 radical (unpaired) electrons. The van der Waals surface area contributed by atoms with E-state index in [4.69, 9.17) is 0 Å². The van der Waals surface area contributed by atoms with Gasteiger partial charge in [0.2, 0.25) is 15.9 Å². The Morgan fingerprint density at radius 1 is 1.12 bits per heavy atom. The monoisotopic (exact) mass is 364 g/mol. The van der Waals surface area contributed by atoms with E-state index in [2.05, 4.69) is 12.1 Å². The fourth-order valence-electron chi connectivity index (χ4n) is 3.78. The first-order chi connectivity index (χ1) is 12.0. The number of benzene rings is 1. The third kappa shape index (κ3) is 4.23. The number of unbranched alkanes of at least 4 members (excludes halogenated alkanes) is 1. The van der Waals surface area contributed by atoms with Crippen molar-refractivity contribution in [2.75, 3.05) is 25.4 Å². The van der Waals surface area contributed by atoms with Crippen LogP contribution in [-0.4, -0.2) is 48.9 Å². The lowest BCUT2D eigenvalue weighted by molar-refractivity contribution is -0.137. The third-order valence-corrected chi connectivity index (χ3v) is 7.35. The lowest BCUT2D eigenvalue weighted by atomic mass is 9.94. The van der Waals surface area contributed by atoms with Gasteiger partial charge in [0.25, 0.3) is 0 Å². The standard InChI is InChI=1S/C19H28N2O3S/c1-2-3-14-25(23,24)21-12-9-17(10-13-21)19(22)20-11-8-16-6-4-5-7-18(16)15-20/h4-7,17H,2-3,8-15H2,1H3. The first-order valence-corrected chi connectivity index (χ1v) is 11.0. The van der Waals surface area contributed by atoms with Crippen LogP contribution in [-0.2, 0) is 27.8 Å². The molecule has 0 aromatic heterocycles. The van der Waals surface area contributed by atoms with Crippen molar-refractivity contribution in [1.82, 2.24) is 9.21 Å². The number of hydrogen-bond donors (Lipinski definition) is 0. The molecule has 25 heavy (non-hydrogen) atoms. The predicted molar refractivity (Wildman–Crippen MR) is 98.6 cm³/mol. The molecular weight excluding hydrogens is 336 g/mol. The molecule has 2 aliphatic rings. The molecule has 1 fully saturated rings. The van der Waals surface area contributed by atoms with E-state index < -0.39 is 10.0 Å². The Bertz CT molecular complexity index is 709. The van der Waals surface area contributed by atoms with E-state index in [0.29, 0.717) is 38.9 Å². The van der Waals surface area contributed by atoms with Crippen LogP contribution in [0.3, 0.4) is 0 Å². The van der Waals surface area contributed by atoms with Gasteiger partial charge in [0, 0.05) is 32.1 Å². The Morgan fingerprint density at radius 3 is 2.48 bits per heavy atom. The van der Waals surface area contributed by atoms with Crippen LogP contribution < -0.4 is 0 Å². The van der Waals surface area contributed by atoms with Gasteiger partial charge in [-0.05, 0) is 36.8 Å². The topological polar surface area (TPSA) is 57.7 Å². The molecule has 6 heteroatoms. The molecule has 1 aromatic rings. The van der Waals surface area contributed by atoms with Crippen LogP contribution >= 0.6 is 0 Å². The Kier molecular flexibility index (Phi) is 5.79. The second-order valence-electron chi connectivity index (χ2n) is 7.12. The van der Waals surface area contributed by atoms with E-state index in [1.807, 2.05) is 24.0 Å². The van der Waals surface area contributed by atoms with Crippen LogP contribution in [0.5, 0.6) is 0 Å². The lowest BCUT2D eigenvalue weighted by Crippen LogP contribution is -2.46. The Morgan fingerprint density at radius 2 is 1.80 bits per heavy atom. The van der Waals surface area contributed by atoms with E-state index in [0.717, 1.165) is 19.4 Å². The molecule has 0 unspecified atom stereocenters. The van der Waals surface area contributed by atoms with Crippen LogP contribution in [0.15, 0.2) is 24.3 Å². The van der Waals surface area contributed by atoms with Gasteiger partial charge >= 0.3 is 0 Å². The number of hydrogen-bond acceptors (Lipinski definition) is 3. The van der Waals surface area contributed by atoms with Gasteiger partial charge in [-0.15, -0.1) is 0 Å². The van der Waals surface area contributed by atoms with Crippen molar-refractivity contribution < 1.29 is 13.2 Å². The van der Waals surface area contributed by atoms with Crippen molar-refractivity contribution in [3.05, 3.63) is 35.4 Å². The first kappa shape index (κ1) is 18.4. The van der Waals surface area contributed by atoms with Crippen molar-refractivity contribution in [3.8, 4) is 0 Å². The molecule has 0 saturated carbocycles. The molecule has 3 rings (SSSR count). The van der Waals surface area contributed by atoms with Gasteiger partial charge in [0.05, 0.1) is 5.75 Å². The molecule has 1 saturated heterocycles. The summed E-state index contributed by atoms with van der Waals surface area (Å²) in [5, 5.41) is 0. The van der Waals surface area contributed by atoms with Gasteiger partial charge in [0.15, 0.2) is 0 Å². The molecule has 5 nitrogen and oxygen atoms in total. The summed E-state index contributed by atoms with van der Waals surface area (Å²) in [5.41, 5.74) is 2.57. The van der Waals surface area contributed by atoms with E-state index in [9.17, 15) is 13.2 Å². The van der Waals surface area contributed by atoms with E-state index >= 15 is 0 Å². The van der Waals surface area contributed by atoms with Crippen molar-refractivity contribution in [1.29, 1.82) is 0 Å². The second kappa shape index (κ2) is 7.87. The third-order valence-electron chi connectivity index (χ3n) is 5.39. The maximum atomic E-state index is 12.8. The average molecular weight is 365 g/mol. The SMILES string of the molecule is CCCCS(=O)(=O)N1CCC(C(=O)N2CCc3ccccc3C2)CC1. The van der Waals surface area contributed by atoms with Gasteiger partial charge in [0.1, 0.15) is 0 Å². The number of rotatable bonds is 5. The zero-order valence-electron chi connectivity index (χ0n) is 15.0. The molecule has 2 heterocycles. The van der Waals surface area contributed by atoms with Crippen molar-refractivity contribution in [2.24, 2.45) is 5.92 Å². The minimum absolute atomic E-state index is 0.0390.